The van der Waals surface area contributed by atoms with Gasteiger partial charge in [0.1, 0.15) is 23.3 Å². The molecule has 0 radical (unpaired) electrons. The molecule has 0 fully saturated rings. The van der Waals surface area contributed by atoms with Gasteiger partial charge in [0.15, 0.2) is 5.43 Å². The monoisotopic (exact) mass is 382 g/mol. The number of carbonyl (C=O) groups excluding carboxylic acids is 1. The number of phenolic OH excluding ortho intramolecular Hbond substituents is 1. The van der Waals surface area contributed by atoms with Crippen molar-refractivity contribution in [3.8, 4) is 22.6 Å². The van der Waals surface area contributed by atoms with Gasteiger partial charge in [-0.25, -0.2) is 0 Å². The van der Waals surface area contributed by atoms with Crippen LogP contribution in [0.25, 0.3) is 22.1 Å². The second kappa shape index (κ2) is 9.08. The van der Waals surface area contributed by atoms with Crippen LogP contribution in [0.4, 0.5) is 0 Å². The lowest BCUT2D eigenvalue weighted by molar-refractivity contribution is -0.143. The number of esters is 1. The molecule has 1 heterocycles. The lowest BCUT2D eigenvalue weighted by atomic mass is 10.1. The minimum absolute atomic E-state index is 0.137. The summed E-state index contributed by atoms with van der Waals surface area (Å²) in [6.45, 7) is 2.64. The van der Waals surface area contributed by atoms with Crippen molar-refractivity contribution >= 4 is 16.9 Å². The smallest absolute Gasteiger partial charge is 0.305 e. The number of ether oxygens (including phenoxy) is 2. The van der Waals surface area contributed by atoms with Crippen LogP contribution in [0.1, 0.15) is 26.2 Å². The third kappa shape index (κ3) is 4.71. The number of fused-ring (bicyclic) bond motifs is 1. The first kappa shape index (κ1) is 19.5. The zero-order chi connectivity index (χ0) is 19.9. The first-order valence-corrected chi connectivity index (χ1v) is 9.22. The maximum Gasteiger partial charge on any atom is 0.305 e. The molecule has 0 aliphatic rings. The summed E-state index contributed by atoms with van der Waals surface area (Å²) in [6, 6.07) is 11.5. The van der Waals surface area contributed by atoms with Crippen LogP contribution in [0.15, 0.2) is 57.9 Å². The number of carbonyl (C=O) groups is 1. The quantitative estimate of drug-likeness (QED) is 0.462. The topological polar surface area (TPSA) is 86.0 Å². The number of unbranched alkanes of at least 4 members (excludes halogenated alkanes) is 1. The Labute approximate surface area is 162 Å². The van der Waals surface area contributed by atoms with Crippen LogP contribution in [-0.4, -0.2) is 24.3 Å². The molecule has 0 unspecified atom stereocenters. The predicted octanol–water partition coefficient (Wildman–Crippen LogP) is 4.28. The summed E-state index contributed by atoms with van der Waals surface area (Å²) in [7, 11) is 0. The Morgan fingerprint density at radius 2 is 1.89 bits per heavy atom. The van der Waals surface area contributed by atoms with E-state index in [1.54, 1.807) is 37.3 Å². The van der Waals surface area contributed by atoms with Gasteiger partial charge in [-0.2, -0.15) is 0 Å². The van der Waals surface area contributed by atoms with Crippen molar-refractivity contribution in [3.63, 3.8) is 0 Å². The molecule has 0 amide bonds. The van der Waals surface area contributed by atoms with Gasteiger partial charge in [-0.3, -0.25) is 9.59 Å². The van der Waals surface area contributed by atoms with Gasteiger partial charge in [0.25, 0.3) is 0 Å². The summed E-state index contributed by atoms with van der Waals surface area (Å²) in [5, 5.41) is 9.85. The fourth-order valence-corrected chi connectivity index (χ4v) is 2.83. The SMILES string of the molecule is CCOC(=O)CCCCOc1ccc2c(=O)c(-c3ccc(O)cc3)coc2c1. The van der Waals surface area contributed by atoms with E-state index in [9.17, 15) is 14.7 Å². The van der Waals surface area contributed by atoms with Crippen LogP contribution in [-0.2, 0) is 9.53 Å². The standard InChI is InChI=1S/C22H22O6/c1-2-26-21(24)5-3-4-12-27-17-10-11-18-20(13-17)28-14-19(22(18)25)15-6-8-16(23)9-7-15/h6-11,13-14,23H,2-5,12H2,1H3. The highest BCUT2D eigenvalue weighted by molar-refractivity contribution is 5.82. The molecule has 6 nitrogen and oxygen atoms in total. The number of benzene rings is 2. The maximum absolute atomic E-state index is 12.7. The highest BCUT2D eigenvalue weighted by atomic mass is 16.5. The van der Waals surface area contributed by atoms with Crippen molar-refractivity contribution < 1.29 is 23.8 Å². The summed E-state index contributed by atoms with van der Waals surface area (Å²) in [4.78, 5) is 24.0. The van der Waals surface area contributed by atoms with E-state index in [4.69, 9.17) is 13.9 Å². The number of aromatic hydroxyl groups is 1. The van der Waals surface area contributed by atoms with Gasteiger partial charge in [-0.05, 0) is 49.6 Å². The molecule has 0 spiro atoms. The summed E-state index contributed by atoms with van der Waals surface area (Å²) >= 11 is 0. The van der Waals surface area contributed by atoms with Crippen LogP contribution < -0.4 is 10.2 Å². The molecule has 0 atom stereocenters. The van der Waals surface area contributed by atoms with Gasteiger partial charge < -0.3 is 19.0 Å². The molecule has 6 heteroatoms. The molecule has 1 aromatic heterocycles. The zero-order valence-corrected chi connectivity index (χ0v) is 15.6. The Bertz CT molecular complexity index is 1000. The van der Waals surface area contributed by atoms with Crippen LogP contribution in [0.5, 0.6) is 11.5 Å². The Balaban J connectivity index is 1.66. The Morgan fingerprint density at radius 3 is 2.64 bits per heavy atom. The van der Waals surface area contributed by atoms with Crippen molar-refractivity contribution in [2.45, 2.75) is 26.2 Å². The van der Waals surface area contributed by atoms with Crippen molar-refractivity contribution in [2.24, 2.45) is 0 Å². The normalized spacial score (nSPS) is 10.8. The van der Waals surface area contributed by atoms with Crippen LogP contribution in [0.3, 0.4) is 0 Å². The summed E-state index contributed by atoms with van der Waals surface area (Å²) in [5.41, 5.74) is 1.40. The second-order valence-electron chi connectivity index (χ2n) is 6.29. The number of hydrogen-bond acceptors (Lipinski definition) is 6. The van der Waals surface area contributed by atoms with Gasteiger partial charge in [0, 0.05) is 12.5 Å². The number of phenols is 1. The molecule has 3 rings (SSSR count). The molecule has 0 saturated carbocycles. The predicted molar refractivity (Wildman–Crippen MR) is 106 cm³/mol. The zero-order valence-electron chi connectivity index (χ0n) is 15.6. The maximum atomic E-state index is 12.7. The largest absolute Gasteiger partial charge is 0.508 e. The van der Waals surface area contributed by atoms with Crippen LogP contribution in [0, 0.1) is 0 Å². The van der Waals surface area contributed by atoms with E-state index in [0.717, 1.165) is 6.42 Å². The van der Waals surface area contributed by atoms with Crippen molar-refractivity contribution in [1.82, 2.24) is 0 Å². The van der Waals surface area contributed by atoms with E-state index in [-0.39, 0.29) is 17.1 Å². The second-order valence-corrected chi connectivity index (χ2v) is 6.29. The minimum atomic E-state index is -0.195. The molecule has 0 bridgehead atoms. The van der Waals surface area contributed by atoms with E-state index in [2.05, 4.69) is 0 Å². The van der Waals surface area contributed by atoms with E-state index in [1.807, 2.05) is 0 Å². The molecule has 3 aromatic rings. The molecule has 0 aliphatic heterocycles. The van der Waals surface area contributed by atoms with Gasteiger partial charge in [-0.1, -0.05) is 12.1 Å². The molecular formula is C22H22O6. The number of rotatable bonds is 8. The van der Waals surface area contributed by atoms with Crippen LogP contribution in [0.2, 0.25) is 0 Å². The number of hydrogen-bond donors (Lipinski definition) is 1. The Morgan fingerprint density at radius 1 is 1.11 bits per heavy atom. The van der Waals surface area contributed by atoms with E-state index >= 15 is 0 Å². The van der Waals surface area contributed by atoms with Crippen molar-refractivity contribution in [1.29, 1.82) is 0 Å². The van der Waals surface area contributed by atoms with Crippen molar-refractivity contribution in [2.75, 3.05) is 13.2 Å². The lowest BCUT2D eigenvalue weighted by Gasteiger charge is -2.08. The molecule has 2 aromatic carbocycles. The molecule has 1 N–H and O–H groups in total. The fraction of sp³-hybridized carbons (Fsp3) is 0.273. The average Bonchev–Trinajstić information content (AvgIpc) is 2.69. The molecule has 0 aliphatic carbocycles. The third-order valence-corrected chi connectivity index (χ3v) is 4.27. The van der Waals surface area contributed by atoms with E-state index < -0.39 is 0 Å². The van der Waals surface area contributed by atoms with Gasteiger partial charge in [0.2, 0.25) is 0 Å². The Hall–Kier alpha value is -3.28. The van der Waals surface area contributed by atoms with Crippen molar-refractivity contribution in [3.05, 3.63) is 59.0 Å². The highest BCUT2D eigenvalue weighted by Gasteiger charge is 2.10. The molecular weight excluding hydrogens is 360 g/mol. The third-order valence-electron chi connectivity index (χ3n) is 4.27. The first-order valence-electron chi connectivity index (χ1n) is 9.22. The van der Waals surface area contributed by atoms with Gasteiger partial charge in [-0.15, -0.1) is 0 Å². The van der Waals surface area contributed by atoms with Gasteiger partial charge in [0.05, 0.1) is 24.2 Å². The molecule has 146 valence electrons. The average molecular weight is 382 g/mol. The summed E-state index contributed by atoms with van der Waals surface area (Å²) in [6.07, 6.45) is 3.21. The first-order chi connectivity index (χ1) is 13.6. The lowest BCUT2D eigenvalue weighted by Crippen LogP contribution is -2.06. The summed E-state index contributed by atoms with van der Waals surface area (Å²) < 4.78 is 16.2. The Kier molecular flexibility index (Phi) is 6.32. The molecule has 0 saturated heterocycles. The van der Waals surface area contributed by atoms with Crippen LogP contribution >= 0.6 is 0 Å². The fourth-order valence-electron chi connectivity index (χ4n) is 2.83. The van der Waals surface area contributed by atoms with E-state index in [1.165, 1.54) is 18.4 Å². The van der Waals surface area contributed by atoms with E-state index in [0.29, 0.717) is 53.9 Å². The molecule has 28 heavy (non-hydrogen) atoms. The highest BCUT2D eigenvalue weighted by Crippen LogP contribution is 2.24. The minimum Gasteiger partial charge on any atom is -0.508 e. The van der Waals surface area contributed by atoms with Gasteiger partial charge >= 0.3 is 5.97 Å². The summed E-state index contributed by atoms with van der Waals surface area (Å²) in [5.74, 6) is 0.543.